The van der Waals surface area contributed by atoms with Crippen LogP contribution in [0.25, 0.3) is 10.8 Å². The molecule has 4 rings (SSSR count). The molecule has 4 aromatic rings. The van der Waals surface area contributed by atoms with Crippen molar-refractivity contribution in [2.45, 2.75) is 6.42 Å². The number of ether oxygens (including phenoxy) is 1. The molecule has 0 aliphatic rings. The lowest BCUT2D eigenvalue weighted by molar-refractivity contribution is 0.202. The van der Waals surface area contributed by atoms with Crippen LogP contribution in [0.4, 0.5) is 17.6 Å². The standard InChI is InChI=1S/C29H18F4O/c1-34-15-14-21-5-10-23(28(32)18-21)9-4-20-3-8-22(27(31)17-20)7-2-19-6-12-25-24(16-19)11-13-26(30)29(25)33/h3,5-6,8,10-13,16-18H,14-15H2,1H3. The fraction of sp³-hybridized carbons (Fsp3) is 0.103. The van der Waals surface area contributed by atoms with Gasteiger partial charge in [0.15, 0.2) is 11.6 Å². The topological polar surface area (TPSA) is 9.23 Å². The Balaban J connectivity index is 1.53. The molecular formula is C29H18F4O. The Morgan fingerprint density at radius 3 is 1.97 bits per heavy atom. The van der Waals surface area contributed by atoms with E-state index in [-0.39, 0.29) is 16.5 Å². The number of fused-ring (bicyclic) bond motifs is 1. The van der Waals surface area contributed by atoms with E-state index in [9.17, 15) is 17.6 Å². The molecule has 0 spiro atoms. The van der Waals surface area contributed by atoms with Crippen molar-refractivity contribution >= 4 is 10.8 Å². The van der Waals surface area contributed by atoms with Gasteiger partial charge >= 0.3 is 0 Å². The Morgan fingerprint density at radius 1 is 0.647 bits per heavy atom. The van der Waals surface area contributed by atoms with Gasteiger partial charge < -0.3 is 4.74 Å². The predicted octanol–water partition coefficient (Wildman–Crippen LogP) is 6.38. The van der Waals surface area contributed by atoms with E-state index in [4.69, 9.17) is 4.74 Å². The largest absolute Gasteiger partial charge is 0.384 e. The second-order valence-corrected chi connectivity index (χ2v) is 7.55. The van der Waals surface area contributed by atoms with Crippen LogP contribution in [-0.4, -0.2) is 13.7 Å². The molecule has 4 aromatic carbocycles. The quantitative estimate of drug-likeness (QED) is 0.256. The highest BCUT2D eigenvalue weighted by Crippen LogP contribution is 2.21. The summed E-state index contributed by atoms with van der Waals surface area (Å²) >= 11 is 0. The molecule has 0 fully saturated rings. The van der Waals surface area contributed by atoms with Crippen molar-refractivity contribution in [1.29, 1.82) is 0 Å². The molecule has 0 aliphatic heterocycles. The van der Waals surface area contributed by atoms with Crippen LogP contribution < -0.4 is 0 Å². The van der Waals surface area contributed by atoms with Crippen LogP contribution in [0.15, 0.2) is 66.7 Å². The maximum Gasteiger partial charge on any atom is 0.166 e. The first-order valence-electron chi connectivity index (χ1n) is 10.4. The molecule has 0 amide bonds. The van der Waals surface area contributed by atoms with Crippen LogP contribution in [0, 0.1) is 47.0 Å². The summed E-state index contributed by atoms with van der Waals surface area (Å²) < 4.78 is 60.9. The van der Waals surface area contributed by atoms with E-state index < -0.39 is 23.3 Å². The third kappa shape index (κ3) is 5.29. The molecule has 0 saturated heterocycles. The molecule has 0 unspecified atom stereocenters. The molecule has 0 atom stereocenters. The summed E-state index contributed by atoms with van der Waals surface area (Å²) in [6, 6.07) is 16.2. The SMILES string of the molecule is COCCc1ccc(C#Cc2ccc(C#Cc3ccc4c(F)c(F)ccc4c3)c(F)c2)c(F)c1. The van der Waals surface area contributed by atoms with Gasteiger partial charge in [0.05, 0.1) is 17.7 Å². The third-order valence-electron chi connectivity index (χ3n) is 5.19. The molecule has 0 aliphatic carbocycles. The van der Waals surface area contributed by atoms with Crippen LogP contribution >= 0.6 is 0 Å². The zero-order chi connectivity index (χ0) is 24.1. The zero-order valence-corrected chi connectivity index (χ0v) is 18.2. The Kier molecular flexibility index (Phi) is 6.97. The average molecular weight is 458 g/mol. The predicted molar refractivity (Wildman–Crippen MR) is 124 cm³/mol. The van der Waals surface area contributed by atoms with Crippen molar-refractivity contribution in [2.24, 2.45) is 0 Å². The molecule has 0 bridgehead atoms. The molecule has 34 heavy (non-hydrogen) atoms. The van der Waals surface area contributed by atoms with Crippen molar-refractivity contribution < 1.29 is 22.3 Å². The summed E-state index contributed by atoms with van der Waals surface area (Å²) in [5, 5.41) is 0.650. The Labute approximate surface area is 195 Å². The van der Waals surface area contributed by atoms with Crippen molar-refractivity contribution in [3.63, 3.8) is 0 Å². The van der Waals surface area contributed by atoms with Crippen molar-refractivity contribution in [2.75, 3.05) is 13.7 Å². The van der Waals surface area contributed by atoms with Crippen molar-refractivity contribution in [3.8, 4) is 23.7 Å². The second-order valence-electron chi connectivity index (χ2n) is 7.55. The summed E-state index contributed by atoms with van der Waals surface area (Å²) in [5.41, 5.74) is 2.10. The van der Waals surface area contributed by atoms with Crippen LogP contribution in [0.2, 0.25) is 0 Å². The highest BCUT2D eigenvalue weighted by molar-refractivity contribution is 5.84. The van der Waals surface area contributed by atoms with Gasteiger partial charge in [0.25, 0.3) is 0 Å². The molecule has 5 heteroatoms. The number of hydrogen-bond acceptors (Lipinski definition) is 1. The van der Waals surface area contributed by atoms with E-state index in [1.165, 1.54) is 30.3 Å². The van der Waals surface area contributed by atoms with E-state index in [0.717, 1.165) is 11.6 Å². The Bertz CT molecular complexity index is 1500. The summed E-state index contributed by atoms with van der Waals surface area (Å²) in [7, 11) is 1.58. The van der Waals surface area contributed by atoms with Gasteiger partial charge in [0, 0.05) is 23.6 Å². The lowest BCUT2D eigenvalue weighted by Crippen LogP contribution is -1.96. The van der Waals surface area contributed by atoms with Gasteiger partial charge in [-0.2, -0.15) is 0 Å². The van der Waals surface area contributed by atoms with Gasteiger partial charge in [0.1, 0.15) is 11.6 Å². The first kappa shape index (κ1) is 23.1. The molecule has 0 aromatic heterocycles. The van der Waals surface area contributed by atoms with Crippen molar-refractivity contribution in [3.05, 3.63) is 118 Å². The second kappa shape index (κ2) is 10.3. The lowest BCUT2D eigenvalue weighted by Gasteiger charge is -2.02. The van der Waals surface area contributed by atoms with Crippen LogP contribution in [0.5, 0.6) is 0 Å². The Morgan fingerprint density at radius 2 is 1.29 bits per heavy atom. The smallest absolute Gasteiger partial charge is 0.166 e. The first-order chi connectivity index (χ1) is 16.4. The fourth-order valence-corrected chi connectivity index (χ4v) is 3.35. The van der Waals surface area contributed by atoms with Gasteiger partial charge in [-0.15, -0.1) is 0 Å². The van der Waals surface area contributed by atoms with Crippen molar-refractivity contribution in [1.82, 2.24) is 0 Å². The number of rotatable bonds is 3. The van der Waals surface area contributed by atoms with E-state index in [0.29, 0.717) is 29.5 Å². The van der Waals surface area contributed by atoms with E-state index >= 15 is 0 Å². The monoisotopic (exact) mass is 458 g/mol. The maximum absolute atomic E-state index is 14.5. The summed E-state index contributed by atoms with van der Waals surface area (Å²) in [5.74, 6) is 8.23. The van der Waals surface area contributed by atoms with Gasteiger partial charge in [0.2, 0.25) is 0 Å². The van der Waals surface area contributed by atoms with Gasteiger partial charge in [-0.1, -0.05) is 41.9 Å². The van der Waals surface area contributed by atoms with Crippen LogP contribution in [-0.2, 0) is 11.2 Å². The summed E-state index contributed by atoms with van der Waals surface area (Å²) in [6.45, 7) is 0.498. The molecular weight excluding hydrogens is 440 g/mol. The van der Waals surface area contributed by atoms with Crippen LogP contribution in [0.3, 0.4) is 0 Å². The average Bonchev–Trinajstić information content (AvgIpc) is 2.84. The highest BCUT2D eigenvalue weighted by atomic mass is 19.2. The summed E-state index contributed by atoms with van der Waals surface area (Å²) in [6.07, 6.45) is 0.601. The highest BCUT2D eigenvalue weighted by Gasteiger charge is 2.07. The molecule has 0 heterocycles. The maximum atomic E-state index is 14.5. The van der Waals surface area contributed by atoms with Crippen LogP contribution in [0.1, 0.15) is 27.8 Å². The number of halogens is 4. The molecule has 168 valence electrons. The zero-order valence-electron chi connectivity index (χ0n) is 18.2. The lowest BCUT2D eigenvalue weighted by atomic mass is 10.1. The Hall–Kier alpha value is -4.06. The fourth-order valence-electron chi connectivity index (χ4n) is 3.35. The van der Waals surface area contributed by atoms with Gasteiger partial charge in [-0.05, 0) is 65.9 Å². The minimum Gasteiger partial charge on any atom is -0.384 e. The minimum absolute atomic E-state index is 0.153. The molecule has 0 saturated carbocycles. The van der Waals surface area contributed by atoms with Gasteiger partial charge in [-0.25, -0.2) is 17.6 Å². The third-order valence-corrected chi connectivity index (χ3v) is 5.19. The molecule has 1 nitrogen and oxygen atoms in total. The molecule has 0 N–H and O–H groups in total. The van der Waals surface area contributed by atoms with E-state index in [2.05, 4.69) is 23.7 Å². The van der Waals surface area contributed by atoms with Gasteiger partial charge in [-0.3, -0.25) is 0 Å². The minimum atomic E-state index is -0.918. The van der Waals surface area contributed by atoms with E-state index in [1.807, 2.05) is 0 Å². The normalized spacial score (nSPS) is 10.4. The number of benzene rings is 4. The van der Waals surface area contributed by atoms with E-state index in [1.54, 1.807) is 37.4 Å². The first-order valence-corrected chi connectivity index (χ1v) is 10.4. The number of hydrogen-bond donors (Lipinski definition) is 0. The number of methoxy groups -OCH3 is 1. The molecule has 0 radical (unpaired) electrons. The summed E-state index contributed by atoms with van der Waals surface area (Å²) in [4.78, 5) is 0.